The van der Waals surface area contributed by atoms with E-state index < -0.39 is 17.6 Å². The fourth-order valence-corrected chi connectivity index (χ4v) is 2.97. The lowest BCUT2D eigenvalue weighted by Gasteiger charge is -2.16. The van der Waals surface area contributed by atoms with Crippen LogP contribution in [0.3, 0.4) is 0 Å². The van der Waals surface area contributed by atoms with Crippen LogP contribution < -0.4 is 10.4 Å². The van der Waals surface area contributed by atoms with Gasteiger partial charge in [-0.25, -0.2) is 9.59 Å². The number of rotatable bonds is 4. The summed E-state index contributed by atoms with van der Waals surface area (Å²) in [5, 5.41) is 9.93. The van der Waals surface area contributed by atoms with E-state index in [1.807, 2.05) is 13.8 Å². The van der Waals surface area contributed by atoms with Crippen LogP contribution in [0, 0.1) is 0 Å². The molecule has 138 valence electrons. The Balaban J connectivity index is 2.32. The van der Waals surface area contributed by atoms with E-state index >= 15 is 0 Å². The van der Waals surface area contributed by atoms with Gasteiger partial charge in [0.15, 0.2) is 0 Å². The monoisotopic (exact) mass is 366 g/mol. The van der Waals surface area contributed by atoms with E-state index in [0.717, 1.165) is 0 Å². The van der Waals surface area contributed by atoms with Crippen LogP contribution in [0.4, 0.5) is 0 Å². The molecule has 0 spiro atoms. The number of hydrogen-bond donors (Lipinski definition) is 1. The summed E-state index contributed by atoms with van der Waals surface area (Å²) in [6.45, 7) is 4.96. The van der Waals surface area contributed by atoms with E-state index in [4.69, 9.17) is 4.74 Å². The fourth-order valence-electron chi connectivity index (χ4n) is 2.97. The average molecular weight is 366 g/mol. The lowest BCUT2D eigenvalue weighted by atomic mass is 10.0. The Morgan fingerprint density at radius 1 is 1.15 bits per heavy atom. The van der Waals surface area contributed by atoms with Crippen LogP contribution in [-0.4, -0.2) is 26.6 Å². The van der Waals surface area contributed by atoms with E-state index in [9.17, 15) is 19.5 Å². The lowest BCUT2D eigenvalue weighted by molar-refractivity contribution is -0.131. The maximum Gasteiger partial charge on any atom is 0.348 e. The Morgan fingerprint density at radius 2 is 1.89 bits per heavy atom. The minimum Gasteiger partial charge on any atom is -0.478 e. The number of carboxylic acids is 1. The number of carbonyl (C=O) groups is 2. The molecule has 3 aromatic rings. The highest BCUT2D eigenvalue weighted by Gasteiger charge is 2.16. The normalized spacial score (nSPS) is 11.0. The number of carboxylic acid groups (broad SMARTS) is 1. The van der Waals surface area contributed by atoms with Crippen molar-refractivity contribution in [1.82, 2.24) is 9.55 Å². The van der Waals surface area contributed by atoms with Gasteiger partial charge in [-0.15, -0.1) is 0 Å². The van der Waals surface area contributed by atoms with Crippen molar-refractivity contribution in [3.63, 3.8) is 0 Å². The van der Waals surface area contributed by atoms with Crippen molar-refractivity contribution in [2.24, 2.45) is 0 Å². The molecule has 0 saturated heterocycles. The first-order valence-electron chi connectivity index (χ1n) is 8.36. The Labute approximate surface area is 154 Å². The number of carbonyl (C=O) groups excluding carboxylic acids is 1. The lowest BCUT2D eigenvalue weighted by Crippen LogP contribution is -2.25. The third kappa shape index (κ3) is 3.57. The highest BCUT2D eigenvalue weighted by atomic mass is 16.5. The van der Waals surface area contributed by atoms with Gasteiger partial charge in [0.1, 0.15) is 5.75 Å². The maximum absolute atomic E-state index is 12.6. The first-order valence-corrected chi connectivity index (χ1v) is 8.36. The van der Waals surface area contributed by atoms with Crippen molar-refractivity contribution >= 4 is 22.8 Å². The van der Waals surface area contributed by atoms with Gasteiger partial charge in [0.25, 0.3) is 0 Å². The van der Waals surface area contributed by atoms with Crippen LogP contribution in [0.2, 0.25) is 0 Å². The van der Waals surface area contributed by atoms with Crippen molar-refractivity contribution in [3.05, 3.63) is 58.5 Å². The third-order valence-corrected chi connectivity index (χ3v) is 4.06. The summed E-state index contributed by atoms with van der Waals surface area (Å²) < 4.78 is 6.56. The van der Waals surface area contributed by atoms with Crippen LogP contribution in [0.25, 0.3) is 22.2 Å². The summed E-state index contributed by atoms with van der Waals surface area (Å²) >= 11 is 0. The summed E-state index contributed by atoms with van der Waals surface area (Å²) in [7, 11) is 0. The highest BCUT2D eigenvalue weighted by molar-refractivity contribution is 5.98. The number of aromatic nitrogens is 2. The predicted molar refractivity (Wildman–Crippen MR) is 100 cm³/mol. The zero-order chi connectivity index (χ0) is 19.7. The Bertz CT molecular complexity index is 1120. The van der Waals surface area contributed by atoms with E-state index in [1.54, 1.807) is 30.3 Å². The molecule has 27 heavy (non-hydrogen) atoms. The fraction of sp³-hybridized carbons (Fsp3) is 0.200. The first-order chi connectivity index (χ1) is 12.8. The van der Waals surface area contributed by atoms with Gasteiger partial charge in [-0.1, -0.05) is 12.1 Å². The minimum absolute atomic E-state index is 0.0853. The van der Waals surface area contributed by atoms with Crippen LogP contribution >= 0.6 is 0 Å². The minimum atomic E-state index is -1.07. The predicted octanol–water partition coefficient (Wildman–Crippen LogP) is 3.27. The standard InChI is InChI=1S/C20H18N2O5/c1-11(2)22-17-10-14(19(24)25)7-8-16(17)18(21-20(22)26)13-5-4-6-15(9-13)27-12(3)23/h4-11H,1-3H3,(H,24,25). The molecule has 0 aliphatic heterocycles. The molecule has 7 heteroatoms. The molecule has 0 atom stereocenters. The smallest absolute Gasteiger partial charge is 0.348 e. The average Bonchev–Trinajstić information content (AvgIpc) is 2.59. The van der Waals surface area contributed by atoms with Crippen molar-refractivity contribution in [3.8, 4) is 17.0 Å². The highest BCUT2D eigenvalue weighted by Crippen LogP contribution is 2.29. The molecule has 7 nitrogen and oxygen atoms in total. The second kappa shape index (κ2) is 7.03. The molecule has 1 heterocycles. The molecular weight excluding hydrogens is 348 g/mol. The summed E-state index contributed by atoms with van der Waals surface area (Å²) in [5.41, 5.74) is 1.08. The van der Waals surface area contributed by atoms with Gasteiger partial charge in [-0.2, -0.15) is 4.98 Å². The van der Waals surface area contributed by atoms with Gasteiger partial charge >= 0.3 is 17.6 Å². The summed E-state index contributed by atoms with van der Waals surface area (Å²) in [4.78, 5) is 39.4. The van der Waals surface area contributed by atoms with Gasteiger partial charge in [0, 0.05) is 23.9 Å². The molecular formula is C20H18N2O5. The molecule has 0 amide bonds. The van der Waals surface area contributed by atoms with Gasteiger partial charge in [0.2, 0.25) is 0 Å². The zero-order valence-corrected chi connectivity index (χ0v) is 15.1. The molecule has 0 fully saturated rings. The van der Waals surface area contributed by atoms with E-state index in [0.29, 0.717) is 27.9 Å². The van der Waals surface area contributed by atoms with Crippen molar-refractivity contribution in [2.45, 2.75) is 26.8 Å². The van der Waals surface area contributed by atoms with Gasteiger partial charge in [0.05, 0.1) is 16.8 Å². The molecule has 0 saturated carbocycles. The van der Waals surface area contributed by atoms with Crippen LogP contribution in [0.1, 0.15) is 37.2 Å². The molecule has 0 aliphatic rings. The largest absolute Gasteiger partial charge is 0.478 e. The van der Waals surface area contributed by atoms with Gasteiger partial charge in [-0.3, -0.25) is 9.36 Å². The quantitative estimate of drug-likeness (QED) is 0.562. The molecule has 0 unspecified atom stereocenters. The number of aromatic carboxylic acids is 1. The summed E-state index contributed by atoms with van der Waals surface area (Å²) in [6.07, 6.45) is 0. The number of fused-ring (bicyclic) bond motifs is 1. The number of ether oxygens (including phenoxy) is 1. The van der Waals surface area contributed by atoms with Crippen molar-refractivity contribution < 1.29 is 19.4 Å². The van der Waals surface area contributed by atoms with Crippen molar-refractivity contribution in [1.29, 1.82) is 0 Å². The Hall–Kier alpha value is -3.48. The Morgan fingerprint density at radius 3 is 2.52 bits per heavy atom. The summed E-state index contributed by atoms with van der Waals surface area (Å²) in [6, 6.07) is 11.1. The number of nitrogens with zero attached hydrogens (tertiary/aromatic N) is 2. The third-order valence-electron chi connectivity index (χ3n) is 4.06. The molecule has 0 bridgehead atoms. The second-order valence-corrected chi connectivity index (χ2v) is 6.37. The van der Waals surface area contributed by atoms with Gasteiger partial charge < -0.3 is 9.84 Å². The number of esters is 1. The van der Waals surface area contributed by atoms with Crippen molar-refractivity contribution in [2.75, 3.05) is 0 Å². The van der Waals surface area contributed by atoms with E-state index in [1.165, 1.54) is 23.6 Å². The SMILES string of the molecule is CC(=O)Oc1cccc(-c2nc(=O)n(C(C)C)c3cc(C(=O)O)ccc23)c1. The zero-order valence-electron chi connectivity index (χ0n) is 15.1. The van der Waals surface area contributed by atoms with E-state index in [2.05, 4.69) is 4.98 Å². The molecule has 3 rings (SSSR count). The first kappa shape index (κ1) is 18.3. The van der Waals surface area contributed by atoms with Gasteiger partial charge in [-0.05, 0) is 44.2 Å². The number of benzene rings is 2. The van der Waals surface area contributed by atoms with E-state index in [-0.39, 0.29) is 11.6 Å². The summed E-state index contributed by atoms with van der Waals surface area (Å²) in [5.74, 6) is -1.19. The molecule has 1 N–H and O–H groups in total. The molecule has 2 aromatic carbocycles. The van der Waals surface area contributed by atoms with Crippen LogP contribution in [0.15, 0.2) is 47.3 Å². The number of hydrogen-bond acceptors (Lipinski definition) is 5. The maximum atomic E-state index is 12.6. The Kier molecular flexibility index (Phi) is 4.77. The molecule has 0 aliphatic carbocycles. The molecule has 1 aromatic heterocycles. The van der Waals surface area contributed by atoms with Crippen LogP contribution in [0.5, 0.6) is 5.75 Å². The molecule has 0 radical (unpaired) electrons. The second-order valence-electron chi connectivity index (χ2n) is 6.37. The van der Waals surface area contributed by atoms with Crippen LogP contribution in [-0.2, 0) is 4.79 Å². The topological polar surface area (TPSA) is 98.5 Å².